The van der Waals surface area contributed by atoms with Gasteiger partial charge in [0.2, 0.25) is 6.10 Å². The molecule has 2 unspecified atom stereocenters. The highest BCUT2D eigenvalue weighted by molar-refractivity contribution is 7.22. The largest absolute Gasteiger partial charge is 0.482 e. The van der Waals surface area contributed by atoms with Crippen LogP contribution in [0.2, 0.25) is 0 Å². The summed E-state index contributed by atoms with van der Waals surface area (Å²) in [5.41, 5.74) is 3.23. The van der Waals surface area contributed by atoms with Gasteiger partial charge in [-0.1, -0.05) is 35.6 Å². The fraction of sp³-hybridized carbons (Fsp3) is 0.440. The zero-order valence-corrected chi connectivity index (χ0v) is 20.1. The minimum absolute atomic E-state index is 0.125. The number of aromatic nitrogens is 1. The first kappa shape index (κ1) is 22.1. The normalized spacial score (nSPS) is 20.7. The van der Waals surface area contributed by atoms with Crippen molar-refractivity contribution in [1.82, 2.24) is 9.88 Å². The summed E-state index contributed by atoms with van der Waals surface area (Å²) in [6.07, 6.45) is -1.14. The molecule has 1 aromatic heterocycles. The second-order valence-electron chi connectivity index (χ2n) is 8.63. The molecule has 2 atom stereocenters. The lowest BCUT2D eigenvalue weighted by molar-refractivity contribution is -0.130. The number of para-hydroxylation sites is 2. The van der Waals surface area contributed by atoms with Gasteiger partial charge >= 0.3 is 0 Å². The molecule has 174 valence electrons. The summed E-state index contributed by atoms with van der Waals surface area (Å²) in [6, 6.07) is 11.7. The molecule has 2 aliphatic heterocycles. The van der Waals surface area contributed by atoms with E-state index in [1.54, 1.807) is 16.2 Å². The molecule has 7 nitrogen and oxygen atoms in total. The molecule has 5 rings (SSSR count). The number of rotatable bonds is 5. The van der Waals surface area contributed by atoms with E-state index in [4.69, 9.17) is 19.2 Å². The Bertz CT molecular complexity index is 1120. The second kappa shape index (κ2) is 9.29. The average Bonchev–Trinajstić information content (AvgIpc) is 3.28. The van der Waals surface area contributed by atoms with Crippen molar-refractivity contribution in [2.45, 2.75) is 33.0 Å². The van der Waals surface area contributed by atoms with Gasteiger partial charge in [-0.3, -0.25) is 14.6 Å². The van der Waals surface area contributed by atoms with E-state index >= 15 is 0 Å². The third-order valence-electron chi connectivity index (χ3n) is 6.26. The van der Waals surface area contributed by atoms with Crippen LogP contribution in [0.3, 0.4) is 0 Å². The molecule has 0 aliphatic carbocycles. The molecule has 1 amide bonds. The van der Waals surface area contributed by atoms with Crippen molar-refractivity contribution in [1.29, 1.82) is 0 Å². The molecular weight excluding hydrogens is 438 g/mol. The lowest BCUT2D eigenvalue weighted by Gasteiger charge is -2.35. The number of amides is 1. The van der Waals surface area contributed by atoms with Gasteiger partial charge in [0.1, 0.15) is 6.10 Å². The van der Waals surface area contributed by atoms with Gasteiger partial charge in [0.05, 0.1) is 23.4 Å². The molecule has 2 aromatic carbocycles. The summed E-state index contributed by atoms with van der Waals surface area (Å²) in [5, 5.41) is 0.704. The number of fused-ring (bicyclic) bond motifs is 2. The van der Waals surface area contributed by atoms with Crippen molar-refractivity contribution < 1.29 is 19.0 Å². The van der Waals surface area contributed by atoms with Crippen molar-refractivity contribution in [2.75, 3.05) is 44.3 Å². The van der Waals surface area contributed by atoms with Crippen LogP contribution in [0, 0.1) is 13.8 Å². The number of hydrogen-bond donors (Lipinski definition) is 0. The van der Waals surface area contributed by atoms with Crippen LogP contribution in [0.5, 0.6) is 11.5 Å². The Kier molecular flexibility index (Phi) is 6.23. The van der Waals surface area contributed by atoms with Gasteiger partial charge in [-0.15, -0.1) is 0 Å². The number of carbonyl (C=O) groups is 1. The number of morpholine rings is 1. The van der Waals surface area contributed by atoms with Gasteiger partial charge in [-0.25, -0.2) is 4.98 Å². The summed E-state index contributed by atoms with van der Waals surface area (Å²) in [7, 11) is 0. The Balaban J connectivity index is 1.46. The maximum atomic E-state index is 13.9. The molecule has 33 heavy (non-hydrogen) atoms. The Morgan fingerprint density at radius 2 is 1.79 bits per heavy atom. The maximum absolute atomic E-state index is 13.9. The molecular formula is C25H29N3O4S. The Hall–Kier alpha value is -2.68. The number of hydrogen-bond acceptors (Lipinski definition) is 7. The second-order valence-corrected chi connectivity index (χ2v) is 9.60. The first-order valence-electron chi connectivity index (χ1n) is 11.4. The molecule has 0 radical (unpaired) electrons. The third-order valence-corrected chi connectivity index (χ3v) is 7.47. The summed E-state index contributed by atoms with van der Waals surface area (Å²) in [6.45, 7) is 10.5. The molecule has 0 spiro atoms. The van der Waals surface area contributed by atoms with Crippen LogP contribution in [0.4, 0.5) is 5.13 Å². The number of benzene rings is 2. The highest BCUT2D eigenvalue weighted by Gasteiger charge is 2.38. The van der Waals surface area contributed by atoms with E-state index in [1.165, 1.54) is 5.56 Å². The van der Waals surface area contributed by atoms with E-state index in [0.29, 0.717) is 23.2 Å². The lowest BCUT2D eigenvalue weighted by atomic mass is 10.1. The standard InChI is InChI=1S/C25H29N3O4S/c1-16-8-9-17(2)23-21(16)26-25(33-23)28(11-10-27-12-14-30-15-13-27)24(29)22-18(3)31-19-6-4-5-7-20(19)32-22/h4-9,18,22H,10-15H2,1-3H3. The SMILES string of the molecule is Cc1ccc(C)c2sc(N(CCN3CCOCC3)C(=O)C3Oc4ccccc4OC3C)nc12. The van der Waals surface area contributed by atoms with E-state index in [2.05, 4.69) is 30.9 Å². The summed E-state index contributed by atoms with van der Waals surface area (Å²) in [5.74, 6) is 1.14. The number of aryl methyl sites for hydroxylation is 2. The van der Waals surface area contributed by atoms with E-state index in [0.717, 1.165) is 48.6 Å². The Morgan fingerprint density at radius 3 is 2.52 bits per heavy atom. The van der Waals surface area contributed by atoms with Crippen LogP contribution < -0.4 is 14.4 Å². The molecule has 3 heterocycles. The molecule has 0 saturated carbocycles. The summed E-state index contributed by atoms with van der Waals surface area (Å²) >= 11 is 1.57. The first-order chi connectivity index (χ1) is 16.0. The number of ether oxygens (including phenoxy) is 3. The van der Waals surface area contributed by atoms with Gasteiger partial charge in [0.15, 0.2) is 16.6 Å². The monoisotopic (exact) mass is 467 g/mol. The van der Waals surface area contributed by atoms with Crippen LogP contribution in [0.25, 0.3) is 10.2 Å². The van der Waals surface area contributed by atoms with Crippen molar-refractivity contribution in [3.8, 4) is 11.5 Å². The maximum Gasteiger partial charge on any atom is 0.273 e. The van der Waals surface area contributed by atoms with Gasteiger partial charge in [0, 0.05) is 26.2 Å². The minimum atomic E-state index is -0.737. The average molecular weight is 468 g/mol. The summed E-state index contributed by atoms with van der Waals surface area (Å²) < 4.78 is 18.8. The van der Waals surface area contributed by atoms with Crippen molar-refractivity contribution >= 4 is 32.6 Å². The van der Waals surface area contributed by atoms with Crippen molar-refractivity contribution in [3.63, 3.8) is 0 Å². The predicted molar refractivity (Wildman–Crippen MR) is 130 cm³/mol. The predicted octanol–water partition coefficient (Wildman–Crippen LogP) is 3.81. The Labute approximate surface area is 197 Å². The van der Waals surface area contributed by atoms with Crippen LogP contribution >= 0.6 is 11.3 Å². The zero-order valence-electron chi connectivity index (χ0n) is 19.2. The van der Waals surface area contributed by atoms with Crippen LogP contribution in [0.1, 0.15) is 18.1 Å². The minimum Gasteiger partial charge on any atom is -0.482 e. The van der Waals surface area contributed by atoms with E-state index < -0.39 is 12.2 Å². The highest BCUT2D eigenvalue weighted by Crippen LogP contribution is 2.36. The number of thiazole rings is 1. The van der Waals surface area contributed by atoms with Gasteiger partial charge in [-0.05, 0) is 44.0 Å². The number of anilines is 1. The van der Waals surface area contributed by atoms with E-state index in [9.17, 15) is 4.79 Å². The zero-order chi connectivity index (χ0) is 22.9. The number of carbonyl (C=O) groups excluding carboxylic acids is 1. The lowest BCUT2D eigenvalue weighted by Crippen LogP contribution is -2.52. The number of nitrogens with zero attached hydrogens (tertiary/aromatic N) is 3. The fourth-order valence-electron chi connectivity index (χ4n) is 4.27. The molecule has 8 heteroatoms. The van der Waals surface area contributed by atoms with Gasteiger partial charge < -0.3 is 14.2 Å². The molecule has 3 aromatic rings. The van der Waals surface area contributed by atoms with Crippen LogP contribution in [-0.2, 0) is 9.53 Å². The first-order valence-corrected chi connectivity index (χ1v) is 12.2. The molecule has 1 saturated heterocycles. The quantitative estimate of drug-likeness (QED) is 0.569. The van der Waals surface area contributed by atoms with Gasteiger partial charge in [-0.2, -0.15) is 0 Å². The summed E-state index contributed by atoms with van der Waals surface area (Å²) in [4.78, 5) is 22.9. The van der Waals surface area contributed by atoms with Crippen molar-refractivity contribution in [3.05, 3.63) is 47.5 Å². The molecule has 2 aliphatic rings. The molecule has 0 N–H and O–H groups in total. The Morgan fingerprint density at radius 1 is 1.09 bits per heavy atom. The van der Waals surface area contributed by atoms with Gasteiger partial charge in [0.25, 0.3) is 5.91 Å². The van der Waals surface area contributed by atoms with E-state index in [-0.39, 0.29) is 5.91 Å². The van der Waals surface area contributed by atoms with Crippen molar-refractivity contribution in [2.24, 2.45) is 0 Å². The molecule has 1 fully saturated rings. The molecule has 0 bridgehead atoms. The topological polar surface area (TPSA) is 64.1 Å². The smallest absolute Gasteiger partial charge is 0.273 e. The van der Waals surface area contributed by atoms with Crippen LogP contribution in [-0.4, -0.2) is 67.4 Å². The highest BCUT2D eigenvalue weighted by atomic mass is 32.1. The van der Waals surface area contributed by atoms with Crippen LogP contribution in [0.15, 0.2) is 36.4 Å². The fourth-order valence-corrected chi connectivity index (χ4v) is 5.42. The third kappa shape index (κ3) is 4.43. The van der Waals surface area contributed by atoms with E-state index in [1.807, 2.05) is 31.2 Å².